The Labute approximate surface area is 173 Å². The lowest BCUT2D eigenvalue weighted by molar-refractivity contribution is 0.587. The fourth-order valence-electron chi connectivity index (χ4n) is 3.34. The molecule has 0 saturated heterocycles. The minimum atomic E-state index is 0.163. The Morgan fingerprint density at radius 1 is 0.724 bits per heavy atom. The van der Waals surface area contributed by atoms with E-state index in [9.17, 15) is 0 Å². The van der Waals surface area contributed by atoms with Crippen molar-refractivity contribution in [2.45, 2.75) is 32.2 Å². The molecule has 144 valence electrons. The smallest absolute Gasteiger partial charge is 0.0714 e. The van der Waals surface area contributed by atoms with Crippen molar-refractivity contribution in [2.75, 3.05) is 0 Å². The van der Waals surface area contributed by atoms with E-state index in [1.807, 2.05) is 30.3 Å². The van der Waals surface area contributed by atoms with Gasteiger partial charge in [-0.3, -0.25) is 0 Å². The molecule has 2 heteroatoms. The molecule has 3 aromatic rings. The van der Waals surface area contributed by atoms with Crippen LogP contribution in [-0.2, 0) is 5.41 Å². The van der Waals surface area contributed by atoms with E-state index in [-0.39, 0.29) is 11.5 Å². The summed E-state index contributed by atoms with van der Waals surface area (Å²) in [5.41, 5.74) is 13.8. The van der Waals surface area contributed by atoms with Gasteiger partial charge < -0.3 is 5.43 Å². The molecule has 0 amide bonds. The van der Waals surface area contributed by atoms with Gasteiger partial charge in [0.2, 0.25) is 0 Å². The first-order valence-corrected chi connectivity index (χ1v) is 10.0. The summed E-state index contributed by atoms with van der Waals surface area (Å²) >= 11 is 0. The molecule has 29 heavy (non-hydrogen) atoms. The molecule has 2 N–H and O–H groups in total. The van der Waals surface area contributed by atoms with Crippen LogP contribution in [0.3, 0.4) is 0 Å². The van der Waals surface area contributed by atoms with Crippen LogP contribution in [0.1, 0.15) is 54.6 Å². The maximum Gasteiger partial charge on any atom is 0.0714 e. The second-order valence-corrected chi connectivity index (χ2v) is 8.39. The van der Waals surface area contributed by atoms with Gasteiger partial charge in [-0.1, -0.05) is 87.2 Å². The Balaban J connectivity index is 1.47. The molecular weight excluding hydrogens is 352 g/mol. The first-order valence-electron chi connectivity index (χ1n) is 10.0. The van der Waals surface area contributed by atoms with E-state index < -0.39 is 0 Å². The zero-order valence-electron chi connectivity index (χ0n) is 17.2. The van der Waals surface area contributed by atoms with Gasteiger partial charge in [0, 0.05) is 11.1 Å². The third kappa shape index (κ3) is 4.59. The molecule has 0 bridgehead atoms. The monoisotopic (exact) mass is 378 g/mol. The summed E-state index contributed by atoms with van der Waals surface area (Å²) in [6.07, 6.45) is 2.23. The first kappa shape index (κ1) is 19.1. The summed E-state index contributed by atoms with van der Waals surface area (Å²) in [4.78, 5) is 0. The standard InChI is InChI=1S/C27H26N2/c1-27(2,3)24-17-15-23(16-18-24)26-19-25(28-29-26)22-13-11-21(12-14-22)10-9-20-7-5-4-6-8-20/h4-8,11-19,26,28-29H,1-3H3. The summed E-state index contributed by atoms with van der Waals surface area (Å²) in [5.74, 6) is 6.43. The van der Waals surface area contributed by atoms with Crippen LogP contribution in [0.15, 0.2) is 84.9 Å². The molecule has 1 unspecified atom stereocenters. The quantitative estimate of drug-likeness (QED) is 0.569. The van der Waals surface area contributed by atoms with E-state index >= 15 is 0 Å². The second kappa shape index (κ2) is 7.99. The van der Waals surface area contributed by atoms with Crippen LogP contribution in [0.2, 0.25) is 0 Å². The summed E-state index contributed by atoms with van der Waals surface area (Å²) in [5, 5.41) is 0. The molecule has 0 aromatic heterocycles. The van der Waals surface area contributed by atoms with Crippen molar-refractivity contribution in [1.29, 1.82) is 0 Å². The van der Waals surface area contributed by atoms with E-state index in [0.29, 0.717) is 0 Å². The van der Waals surface area contributed by atoms with Crippen LogP contribution < -0.4 is 10.9 Å². The number of nitrogens with one attached hydrogen (secondary N) is 2. The number of hydrogen-bond donors (Lipinski definition) is 2. The van der Waals surface area contributed by atoms with Crippen molar-refractivity contribution in [3.05, 3.63) is 113 Å². The van der Waals surface area contributed by atoms with Crippen molar-refractivity contribution in [2.24, 2.45) is 0 Å². The van der Waals surface area contributed by atoms with Crippen LogP contribution in [-0.4, -0.2) is 0 Å². The summed E-state index contributed by atoms with van der Waals surface area (Å²) < 4.78 is 0. The van der Waals surface area contributed by atoms with Crippen molar-refractivity contribution >= 4 is 5.70 Å². The zero-order valence-corrected chi connectivity index (χ0v) is 17.2. The van der Waals surface area contributed by atoms with Crippen molar-refractivity contribution in [3.63, 3.8) is 0 Å². The molecule has 1 aliphatic heterocycles. The Kier molecular flexibility index (Phi) is 5.25. The first-order chi connectivity index (χ1) is 14.0. The van der Waals surface area contributed by atoms with E-state index in [2.05, 4.69) is 98.1 Å². The highest BCUT2D eigenvalue weighted by atomic mass is 15.4. The van der Waals surface area contributed by atoms with Gasteiger partial charge in [-0.25, -0.2) is 5.43 Å². The van der Waals surface area contributed by atoms with Crippen LogP contribution in [0.25, 0.3) is 5.70 Å². The number of benzene rings is 3. The third-order valence-electron chi connectivity index (χ3n) is 5.15. The molecule has 1 heterocycles. The van der Waals surface area contributed by atoms with Crippen LogP contribution in [0.5, 0.6) is 0 Å². The topological polar surface area (TPSA) is 24.1 Å². The van der Waals surface area contributed by atoms with E-state index in [4.69, 9.17) is 0 Å². The Hall–Kier alpha value is -3.28. The lowest BCUT2D eigenvalue weighted by Gasteiger charge is -2.19. The Morgan fingerprint density at radius 2 is 1.34 bits per heavy atom. The highest BCUT2D eigenvalue weighted by molar-refractivity contribution is 5.67. The Morgan fingerprint density at radius 3 is 1.97 bits per heavy atom. The normalized spacial score (nSPS) is 15.8. The van der Waals surface area contributed by atoms with Gasteiger partial charge in [-0.15, -0.1) is 0 Å². The SMILES string of the molecule is CC(C)(C)c1ccc(C2C=C(c3ccc(C#Cc4ccccc4)cc3)NN2)cc1. The van der Waals surface area contributed by atoms with Gasteiger partial charge in [0.05, 0.1) is 11.7 Å². The number of rotatable bonds is 2. The van der Waals surface area contributed by atoms with Crippen LogP contribution in [0.4, 0.5) is 0 Å². The Bertz CT molecular complexity index is 1060. The van der Waals surface area contributed by atoms with Gasteiger partial charge in [0.25, 0.3) is 0 Å². The van der Waals surface area contributed by atoms with Gasteiger partial charge in [-0.05, 0) is 52.4 Å². The molecule has 0 aliphatic carbocycles. The maximum atomic E-state index is 3.37. The number of hydrogen-bond acceptors (Lipinski definition) is 2. The minimum Gasteiger partial charge on any atom is -0.320 e. The molecule has 4 rings (SSSR count). The maximum absolute atomic E-state index is 3.37. The fourth-order valence-corrected chi connectivity index (χ4v) is 3.34. The molecule has 0 spiro atoms. The molecule has 0 saturated carbocycles. The van der Waals surface area contributed by atoms with Gasteiger partial charge in [0.15, 0.2) is 0 Å². The van der Waals surface area contributed by atoms with Crippen LogP contribution >= 0.6 is 0 Å². The highest BCUT2D eigenvalue weighted by Crippen LogP contribution is 2.27. The van der Waals surface area contributed by atoms with Gasteiger partial charge >= 0.3 is 0 Å². The number of hydrazine groups is 1. The zero-order chi connectivity index (χ0) is 20.3. The van der Waals surface area contributed by atoms with E-state index in [1.165, 1.54) is 11.1 Å². The average molecular weight is 379 g/mol. The largest absolute Gasteiger partial charge is 0.320 e. The molecule has 2 nitrogen and oxygen atoms in total. The van der Waals surface area contributed by atoms with Crippen molar-refractivity contribution in [1.82, 2.24) is 10.9 Å². The fraction of sp³-hybridized carbons (Fsp3) is 0.185. The van der Waals surface area contributed by atoms with Gasteiger partial charge in [-0.2, -0.15) is 0 Å². The molecule has 1 aliphatic rings. The lowest BCUT2D eigenvalue weighted by Crippen LogP contribution is -2.26. The van der Waals surface area contributed by atoms with Crippen molar-refractivity contribution in [3.8, 4) is 11.8 Å². The summed E-state index contributed by atoms with van der Waals surface area (Å²) in [6.45, 7) is 6.72. The molecular formula is C27H26N2. The predicted octanol–water partition coefficient (Wildman–Crippen LogP) is 5.57. The minimum absolute atomic E-state index is 0.163. The average Bonchev–Trinajstić information content (AvgIpc) is 3.23. The van der Waals surface area contributed by atoms with Crippen LogP contribution in [0, 0.1) is 11.8 Å². The summed E-state index contributed by atoms with van der Waals surface area (Å²) in [6, 6.07) is 27.5. The predicted molar refractivity (Wildman–Crippen MR) is 121 cm³/mol. The highest BCUT2D eigenvalue weighted by Gasteiger charge is 2.19. The van der Waals surface area contributed by atoms with Gasteiger partial charge in [0.1, 0.15) is 0 Å². The molecule has 0 fully saturated rings. The summed E-state index contributed by atoms with van der Waals surface area (Å²) in [7, 11) is 0. The van der Waals surface area contributed by atoms with Crippen molar-refractivity contribution < 1.29 is 0 Å². The van der Waals surface area contributed by atoms with E-state index in [1.54, 1.807) is 0 Å². The third-order valence-corrected chi connectivity index (χ3v) is 5.15. The second-order valence-electron chi connectivity index (χ2n) is 8.39. The molecule has 1 atom stereocenters. The molecule has 3 aromatic carbocycles. The molecule has 0 radical (unpaired) electrons. The van der Waals surface area contributed by atoms with E-state index in [0.717, 1.165) is 22.4 Å². The lowest BCUT2D eigenvalue weighted by atomic mass is 9.86.